The minimum absolute atomic E-state index is 0.458. The van der Waals surface area contributed by atoms with Crippen LogP contribution in [0, 0.1) is 17.8 Å². The van der Waals surface area contributed by atoms with Gasteiger partial charge < -0.3 is 5.32 Å². The molecule has 0 radical (unpaired) electrons. The van der Waals surface area contributed by atoms with Gasteiger partial charge in [0, 0.05) is 6.54 Å². The van der Waals surface area contributed by atoms with Gasteiger partial charge in [-0.2, -0.15) is 0 Å². The van der Waals surface area contributed by atoms with Crippen LogP contribution >= 0.6 is 11.6 Å². The smallest absolute Gasteiger partial charge is 0.149 e. The normalized spacial score (nSPS) is 20.1. The fourth-order valence-electron chi connectivity index (χ4n) is 2.42. The van der Waals surface area contributed by atoms with Gasteiger partial charge in [0.1, 0.15) is 11.0 Å². The molecule has 2 fully saturated rings. The van der Waals surface area contributed by atoms with Gasteiger partial charge in [-0.15, -0.1) is 0 Å². The highest BCUT2D eigenvalue weighted by Crippen LogP contribution is 2.49. The SMILES string of the molecule is Clc1cncc(NCC(C2CC2)C2CC2)n1. The molecule has 0 atom stereocenters. The van der Waals surface area contributed by atoms with Crippen LogP contribution < -0.4 is 5.32 Å². The van der Waals surface area contributed by atoms with Gasteiger partial charge in [0.2, 0.25) is 0 Å². The highest BCUT2D eigenvalue weighted by Gasteiger charge is 2.40. The second-order valence-electron chi connectivity index (χ2n) is 4.95. The molecule has 2 aliphatic rings. The van der Waals surface area contributed by atoms with E-state index in [-0.39, 0.29) is 0 Å². The molecule has 0 amide bonds. The first-order valence-electron chi connectivity index (χ1n) is 6.04. The van der Waals surface area contributed by atoms with Gasteiger partial charge in [-0.05, 0) is 43.4 Å². The Morgan fingerprint density at radius 1 is 1.25 bits per heavy atom. The highest BCUT2D eigenvalue weighted by atomic mass is 35.5. The van der Waals surface area contributed by atoms with Crippen molar-refractivity contribution in [3.05, 3.63) is 17.5 Å². The van der Waals surface area contributed by atoms with Crippen LogP contribution in [0.4, 0.5) is 5.82 Å². The van der Waals surface area contributed by atoms with Crippen LogP contribution in [-0.4, -0.2) is 16.5 Å². The van der Waals surface area contributed by atoms with E-state index >= 15 is 0 Å². The molecule has 3 nitrogen and oxygen atoms in total. The van der Waals surface area contributed by atoms with Gasteiger partial charge >= 0.3 is 0 Å². The van der Waals surface area contributed by atoms with Crippen LogP contribution in [-0.2, 0) is 0 Å². The first kappa shape index (κ1) is 10.3. The van der Waals surface area contributed by atoms with Crippen LogP contribution in [0.15, 0.2) is 12.4 Å². The van der Waals surface area contributed by atoms with E-state index in [1.165, 1.54) is 25.7 Å². The molecule has 2 aliphatic carbocycles. The molecule has 2 saturated carbocycles. The third kappa shape index (κ3) is 2.46. The van der Waals surface area contributed by atoms with E-state index in [1.54, 1.807) is 12.4 Å². The Morgan fingerprint density at radius 2 is 1.94 bits per heavy atom. The number of hydrogen-bond acceptors (Lipinski definition) is 3. The molecule has 1 aromatic heterocycles. The third-order valence-corrected chi connectivity index (χ3v) is 3.76. The fraction of sp³-hybridized carbons (Fsp3) is 0.667. The number of aromatic nitrogens is 2. The first-order chi connectivity index (χ1) is 7.83. The summed E-state index contributed by atoms with van der Waals surface area (Å²) in [6, 6.07) is 0. The molecule has 0 spiro atoms. The molecule has 0 aliphatic heterocycles. The van der Waals surface area contributed by atoms with Crippen molar-refractivity contribution >= 4 is 17.4 Å². The quantitative estimate of drug-likeness (QED) is 0.856. The molecule has 86 valence electrons. The molecule has 0 aromatic carbocycles. The molecule has 3 rings (SSSR count). The van der Waals surface area contributed by atoms with Crippen molar-refractivity contribution in [3.63, 3.8) is 0 Å². The molecule has 1 aromatic rings. The summed E-state index contributed by atoms with van der Waals surface area (Å²) >= 11 is 5.80. The van der Waals surface area contributed by atoms with E-state index in [1.807, 2.05) is 0 Å². The molecule has 0 bridgehead atoms. The zero-order chi connectivity index (χ0) is 11.0. The van der Waals surface area contributed by atoms with E-state index in [2.05, 4.69) is 15.3 Å². The van der Waals surface area contributed by atoms with E-state index in [9.17, 15) is 0 Å². The summed E-state index contributed by atoms with van der Waals surface area (Å²) in [5, 5.41) is 3.83. The Balaban J connectivity index is 1.58. The molecule has 1 heterocycles. The lowest BCUT2D eigenvalue weighted by Gasteiger charge is -2.16. The van der Waals surface area contributed by atoms with Crippen molar-refractivity contribution in [2.75, 3.05) is 11.9 Å². The second kappa shape index (κ2) is 4.21. The van der Waals surface area contributed by atoms with Crippen molar-refractivity contribution < 1.29 is 0 Å². The fourth-order valence-corrected chi connectivity index (χ4v) is 2.56. The van der Waals surface area contributed by atoms with Crippen LogP contribution in [0.5, 0.6) is 0 Å². The number of nitrogens with one attached hydrogen (secondary N) is 1. The van der Waals surface area contributed by atoms with Gasteiger partial charge in [-0.1, -0.05) is 11.6 Å². The predicted octanol–water partition coefficient (Wildman–Crippen LogP) is 2.98. The van der Waals surface area contributed by atoms with Gasteiger partial charge in [0.15, 0.2) is 0 Å². The van der Waals surface area contributed by atoms with E-state index in [4.69, 9.17) is 11.6 Å². The molecule has 16 heavy (non-hydrogen) atoms. The van der Waals surface area contributed by atoms with Crippen molar-refractivity contribution in [2.24, 2.45) is 17.8 Å². The maximum atomic E-state index is 5.80. The molecular weight excluding hydrogens is 222 g/mol. The minimum atomic E-state index is 0.458. The zero-order valence-corrected chi connectivity index (χ0v) is 9.95. The summed E-state index contributed by atoms with van der Waals surface area (Å²) in [7, 11) is 0. The topological polar surface area (TPSA) is 37.8 Å². The highest BCUT2D eigenvalue weighted by molar-refractivity contribution is 6.29. The number of rotatable bonds is 5. The number of anilines is 1. The molecule has 0 unspecified atom stereocenters. The van der Waals surface area contributed by atoms with Gasteiger partial charge in [0.05, 0.1) is 12.4 Å². The summed E-state index contributed by atoms with van der Waals surface area (Å²) in [6.45, 7) is 1.03. The van der Waals surface area contributed by atoms with E-state index in [0.29, 0.717) is 5.15 Å². The van der Waals surface area contributed by atoms with Crippen molar-refractivity contribution in [2.45, 2.75) is 25.7 Å². The maximum Gasteiger partial charge on any atom is 0.149 e. The molecule has 4 heteroatoms. The molecular formula is C12H16ClN3. The van der Waals surface area contributed by atoms with Crippen LogP contribution in [0.1, 0.15) is 25.7 Å². The summed E-state index contributed by atoms with van der Waals surface area (Å²) < 4.78 is 0. The largest absolute Gasteiger partial charge is 0.368 e. The lowest BCUT2D eigenvalue weighted by molar-refractivity contribution is 0.427. The van der Waals surface area contributed by atoms with E-state index in [0.717, 1.165) is 30.1 Å². The minimum Gasteiger partial charge on any atom is -0.368 e. The van der Waals surface area contributed by atoms with Crippen LogP contribution in [0.2, 0.25) is 5.15 Å². The Kier molecular flexibility index (Phi) is 2.72. The summed E-state index contributed by atoms with van der Waals surface area (Å²) in [4.78, 5) is 8.22. The predicted molar refractivity (Wildman–Crippen MR) is 64.5 cm³/mol. The van der Waals surface area contributed by atoms with Crippen molar-refractivity contribution in [3.8, 4) is 0 Å². The van der Waals surface area contributed by atoms with Gasteiger partial charge in [-0.3, -0.25) is 4.98 Å². The van der Waals surface area contributed by atoms with Crippen molar-refractivity contribution in [1.29, 1.82) is 0 Å². The summed E-state index contributed by atoms with van der Waals surface area (Å²) in [5.74, 6) is 3.58. The third-order valence-electron chi connectivity index (χ3n) is 3.58. The lowest BCUT2D eigenvalue weighted by Crippen LogP contribution is -2.18. The second-order valence-corrected chi connectivity index (χ2v) is 5.33. The van der Waals surface area contributed by atoms with Crippen molar-refractivity contribution in [1.82, 2.24) is 9.97 Å². The lowest BCUT2D eigenvalue weighted by atomic mass is 9.98. The summed E-state index contributed by atoms with van der Waals surface area (Å²) in [5.41, 5.74) is 0. The average Bonchev–Trinajstić information content (AvgIpc) is 3.13. The maximum absolute atomic E-state index is 5.80. The average molecular weight is 238 g/mol. The standard InChI is InChI=1S/C12H16ClN3/c13-11-6-14-7-12(16-11)15-5-10(8-1-2-8)9-3-4-9/h6-10H,1-5H2,(H,15,16). The van der Waals surface area contributed by atoms with Crippen LogP contribution in [0.3, 0.4) is 0 Å². The van der Waals surface area contributed by atoms with Gasteiger partial charge in [-0.25, -0.2) is 4.98 Å². The Bertz CT molecular complexity index is 362. The van der Waals surface area contributed by atoms with E-state index < -0.39 is 0 Å². The zero-order valence-electron chi connectivity index (χ0n) is 9.19. The van der Waals surface area contributed by atoms with Crippen LogP contribution in [0.25, 0.3) is 0 Å². The summed E-state index contributed by atoms with van der Waals surface area (Å²) in [6.07, 6.45) is 8.98. The number of halogens is 1. The van der Waals surface area contributed by atoms with Gasteiger partial charge in [0.25, 0.3) is 0 Å². The number of nitrogens with zero attached hydrogens (tertiary/aromatic N) is 2. The molecule has 0 saturated heterocycles. The Morgan fingerprint density at radius 3 is 2.50 bits per heavy atom. The first-order valence-corrected chi connectivity index (χ1v) is 6.42. The monoisotopic (exact) mass is 237 g/mol. The Hall–Kier alpha value is -0.830. The molecule has 1 N–H and O–H groups in total. The Labute approximate surface area is 101 Å². The number of hydrogen-bond donors (Lipinski definition) is 1.